The molecule has 1 aliphatic heterocycles. The highest BCUT2D eigenvalue weighted by Gasteiger charge is 2.36. The van der Waals surface area contributed by atoms with Crippen LogP contribution in [0.15, 0.2) is 15.8 Å². The van der Waals surface area contributed by atoms with Crippen LogP contribution in [0.5, 0.6) is 0 Å². The molecule has 2 rings (SSSR count). The van der Waals surface area contributed by atoms with Crippen molar-refractivity contribution in [2.24, 2.45) is 4.99 Å². The molecule has 0 N–H and O–H groups in total. The smallest absolute Gasteiger partial charge is 0.273 e. The van der Waals surface area contributed by atoms with Crippen molar-refractivity contribution >= 4 is 58.7 Å². The Hall–Kier alpha value is -1.66. The predicted molar refractivity (Wildman–Crippen MR) is 77.3 cm³/mol. The van der Waals surface area contributed by atoms with Gasteiger partial charge >= 0.3 is 5.70 Å². The largest absolute Gasteiger partial charge is 0.321 e. The number of hydrogen-bond acceptors (Lipinski definition) is 7. The minimum Gasteiger partial charge on any atom is -0.273 e. The summed E-state index contributed by atoms with van der Waals surface area (Å²) in [4.78, 5) is 22.5. The van der Waals surface area contributed by atoms with E-state index in [2.05, 4.69) is 15.0 Å². The monoisotopic (exact) mass is 366 g/mol. The van der Waals surface area contributed by atoms with Gasteiger partial charge in [0, 0.05) is 0 Å². The SMILES string of the molecule is N#Cc1c(Cl)nc(N2C=NC(Cl)=C([N+](=O)[O-])C2Cl)nc1Cl. The van der Waals surface area contributed by atoms with Crippen LogP contribution < -0.4 is 4.90 Å². The van der Waals surface area contributed by atoms with Gasteiger partial charge < -0.3 is 0 Å². The molecule has 2 heterocycles. The molecule has 0 fully saturated rings. The van der Waals surface area contributed by atoms with Crippen LogP contribution in [0, 0.1) is 21.4 Å². The van der Waals surface area contributed by atoms with Crippen molar-refractivity contribution in [2.75, 3.05) is 4.90 Å². The van der Waals surface area contributed by atoms with Gasteiger partial charge in [0.1, 0.15) is 18.0 Å². The quantitative estimate of drug-likeness (QED) is 0.261. The lowest BCUT2D eigenvalue weighted by Crippen LogP contribution is -2.38. The Morgan fingerprint density at radius 3 is 2.38 bits per heavy atom. The first-order valence-electron chi connectivity index (χ1n) is 5.00. The Kier molecular flexibility index (Phi) is 4.49. The van der Waals surface area contributed by atoms with Crippen LogP contribution in [0.3, 0.4) is 0 Å². The van der Waals surface area contributed by atoms with Crippen LogP contribution in [-0.4, -0.2) is 26.7 Å². The molecule has 0 aromatic carbocycles. The van der Waals surface area contributed by atoms with Crippen LogP contribution in [0.1, 0.15) is 5.56 Å². The maximum Gasteiger partial charge on any atom is 0.321 e. The van der Waals surface area contributed by atoms with Crippen molar-refractivity contribution in [1.82, 2.24) is 9.97 Å². The number of nitrogens with zero attached hydrogens (tertiary/aromatic N) is 6. The second kappa shape index (κ2) is 5.99. The minimum absolute atomic E-state index is 0.120. The Balaban J connectivity index is 2.49. The summed E-state index contributed by atoms with van der Waals surface area (Å²) >= 11 is 23.2. The number of aliphatic imine (C=N–C) groups is 1. The van der Waals surface area contributed by atoms with Crippen molar-refractivity contribution in [2.45, 2.75) is 5.50 Å². The van der Waals surface area contributed by atoms with Crippen LogP contribution >= 0.6 is 46.4 Å². The van der Waals surface area contributed by atoms with Crippen molar-refractivity contribution in [3.63, 3.8) is 0 Å². The fourth-order valence-corrected chi connectivity index (χ4v) is 2.44. The Labute approximate surface area is 137 Å². The molecule has 0 saturated heterocycles. The molecule has 1 aromatic rings. The van der Waals surface area contributed by atoms with Crippen molar-refractivity contribution in [1.29, 1.82) is 5.26 Å². The highest BCUT2D eigenvalue weighted by Crippen LogP contribution is 2.30. The topological polar surface area (TPSA) is 108 Å². The first-order chi connectivity index (χ1) is 9.86. The molecule has 0 aliphatic carbocycles. The van der Waals surface area contributed by atoms with E-state index in [1.807, 2.05) is 0 Å². The maximum atomic E-state index is 10.9. The van der Waals surface area contributed by atoms with Gasteiger partial charge in [0.2, 0.25) is 16.6 Å². The lowest BCUT2D eigenvalue weighted by atomic mass is 10.3. The molecule has 0 radical (unpaired) electrons. The Morgan fingerprint density at radius 2 is 1.90 bits per heavy atom. The van der Waals surface area contributed by atoms with E-state index in [1.165, 1.54) is 0 Å². The number of alkyl halides is 1. The van der Waals surface area contributed by atoms with Crippen LogP contribution in [0.25, 0.3) is 0 Å². The average Bonchev–Trinajstić information content (AvgIpc) is 2.37. The molecule has 1 aliphatic rings. The fourth-order valence-electron chi connectivity index (χ4n) is 1.39. The third-order valence-corrected chi connectivity index (χ3v) is 3.58. The van der Waals surface area contributed by atoms with Crippen LogP contribution in [-0.2, 0) is 0 Å². The number of nitriles is 1. The van der Waals surface area contributed by atoms with Gasteiger partial charge in [-0.3, -0.25) is 15.0 Å². The number of rotatable bonds is 2. The third-order valence-electron chi connectivity index (χ3n) is 2.33. The van der Waals surface area contributed by atoms with Crippen molar-refractivity contribution < 1.29 is 4.92 Å². The van der Waals surface area contributed by atoms with Crippen molar-refractivity contribution in [3.05, 3.63) is 36.8 Å². The van der Waals surface area contributed by atoms with E-state index in [1.54, 1.807) is 6.07 Å². The summed E-state index contributed by atoms with van der Waals surface area (Å²) < 4.78 is 0. The average molecular weight is 368 g/mol. The standard InChI is InChI=1S/C9H2Cl4N6O2/c10-5-3(1-14)6(11)17-9(16-5)18-2-15-7(12)4(8(18)13)19(20)21/h2,8H. The van der Waals surface area contributed by atoms with E-state index in [-0.39, 0.29) is 27.0 Å². The second-order valence-corrected chi connectivity index (χ2v) is 5.00. The van der Waals surface area contributed by atoms with Gasteiger partial charge in [-0.05, 0) is 0 Å². The second-order valence-electron chi connectivity index (χ2n) is 3.51. The normalized spacial score (nSPS) is 17.9. The lowest BCUT2D eigenvalue weighted by molar-refractivity contribution is -0.427. The molecule has 0 amide bonds. The van der Waals surface area contributed by atoms with E-state index in [0.29, 0.717) is 0 Å². The number of anilines is 1. The molecule has 21 heavy (non-hydrogen) atoms. The molecular formula is C9H2Cl4N6O2. The van der Waals surface area contributed by atoms with E-state index in [4.69, 9.17) is 51.7 Å². The Bertz CT molecular complexity index is 704. The zero-order chi connectivity index (χ0) is 15.7. The molecular weight excluding hydrogens is 366 g/mol. The Morgan fingerprint density at radius 1 is 1.33 bits per heavy atom. The predicted octanol–water partition coefficient (Wildman–Crippen LogP) is 2.75. The number of nitro groups is 1. The summed E-state index contributed by atoms with van der Waals surface area (Å²) in [6.07, 6.45) is 1.10. The third kappa shape index (κ3) is 2.87. The number of halogens is 4. The van der Waals surface area contributed by atoms with Crippen molar-refractivity contribution in [3.8, 4) is 6.07 Å². The van der Waals surface area contributed by atoms with Gasteiger partial charge in [0.25, 0.3) is 0 Å². The summed E-state index contributed by atoms with van der Waals surface area (Å²) in [7, 11) is 0. The first-order valence-corrected chi connectivity index (χ1v) is 6.57. The minimum atomic E-state index is -1.31. The first kappa shape index (κ1) is 15.7. The molecule has 1 unspecified atom stereocenters. The summed E-state index contributed by atoms with van der Waals surface area (Å²) in [6.45, 7) is 0. The maximum absolute atomic E-state index is 10.9. The van der Waals surface area contributed by atoms with Crippen LogP contribution in [0.2, 0.25) is 10.3 Å². The summed E-state index contributed by atoms with van der Waals surface area (Å²) in [5.74, 6) is -0.156. The zero-order valence-corrected chi connectivity index (χ0v) is 12.7. The van der Waals surface area contributed by atoms with E-state index >= 15 is 0 Å². The highest BCUT2D eigenvalue weighted by atomic mass is 35.5. The molecule has 0 bridgehead atoms. The number of aromatic nitrogens is 2. The molecule has 1 aromatic heterocycles. The van der Waals surface area contributed by atoms with Gasteiger partial charge in [-0.15, -0.1) is 0 Å². The highest BCUT2D eigenvalue weighted by molar-refractivity contribution is 6.35. The molecule has 0 spiro atoms. The fraction of sp³-hybridized carbons (Fsp3) is 0.111. The van der Waals surface area contributed by atoms with E-state index < -0.39 is 16.1 Å². The summed E-state index contributed by atoms with van der Waals surface area (Å²) in [6, 6.07) is 1.73. The molecule has 0 saturated carbocycles. The molecule has 108 valence electrons. The number of hydrogen-bond donors (Lipinski definition) is 0. The van der Waals surface area contributed by atoms with Gasteiger partial charge in [0.05, 0.1) is 4.92 Å². The van der Waals surface area contributed by atoms with Gasteiger partial charge in [0.15, 0.2) is 10.3 Å². The molecule has 8 nitrogen and oxygen atoms in total. The molecule has 1 atom stereocenters. The van der Waals surface area contributed by atoms with Gasteiger partial charge in [-0.25, -0.2) is 4.99 Å². The molecule has 12 heteroatoms. The van der Waals surface area contributed by atoms with Gasteiger partial charge in [-0.1, -0.05) is 46.4 Å². The van der Waals surface area contributed by atoms with Gasteiger partial charge in [-0.2, -0.15) is 15.2 Å². The van der Waals surface area contributed by atoms with Crippen LogP contribution in [0.4, 0.5) is 5.95 Å². The lowest BCUT2D eigenvalue weighted by Gasteiger charge is -2.24. The van der Waals surface area contributed by atoms with E-state index in [0.717, 1.165) is 11.2 Å². The van der Waals surface area contributed by atoms with E-state index in [9.17, 15) is 10.1 Å². The summed E-state index contributed by atoms with van der Waals surface area (Å²) in [5.41, 5.74) is -1.98. The zero-order valence-electron chi connectivity index (χ0n) is 9.67. The summed E-state index contributed by atoms with van der Waals surface area (Å²) in [5, 5.41) is 19.0.